The molecule has 0 bridgehead atoms. The van der Waals surface area contributed by atoms with Gasteiger partial charge < -0.3 is 20.0 Å². The van der Waals surface area contributed by atoms with Crippen molar-refractivity contribution in [2.45, 2.75) is 38.6 Å². The van der Waals surface area contributed by atoms with Crippen molar-refractivity contribution in [1.29, 1.82) is 0 Å². The summed E-state index contributed by atoms with van der Waals surface area (Å²) in [5.41, 5.74) is 7.97. The third kappa shape index (κ3) is 3.35. The lowest BCUT2D eigenvalue weighted by Crippen LogP contribution is -2.22. The summed E-state index contributed by atoms with van der Waals surface area (Å²) in [6.07, 6.45) is 4.44. The molecule has 1 aliphatic carbocycles. The molecule has 0 radical (unpaired) electrons. The molecule has 1 fully saturated rings. The molecular formula is C23H21ClN4O3. The SMILES string of the molecule is Cc1c(C(N)=O)c(=O)oc2cc3c(cc12)nc(Nc1ccc(Cl)cc1)n3C1CCCC1. The Bertz CT molecular complexity index is 1380. The molecule has 1 amide bonds. The largest absolute Gasteiger partial charge is 0.422 e. The minimum Gasteiger partial charge on any atom is -0.422 e. The van der Waals surface area contributed by atoms with Gasteiger partial charge in [-0.05, 0) is 55.7 Å². The molecule has 7 nitrogen and oxygen atoms in total. The number of hydrogen-bond donors (Lipinski definition) is 2. The van der Waals surface area contributed by atoms with Crippen molar-refractivity contribution in [3.05, 3.63) is 63.0 Å². The Labute approximate surface area is 182 Å². The number of anilines is 2. The summed E-state index contributed by atoms with van der Waals surface area (Å²) < 4.78 is 7.66. The number of imidazole rings is 1. The number of nitrogens with two attached hydrogens (primary N) is 1. The molecule has 31 heavy (non-hydrogen) atoms. The van der Waals surface area contributed by atoms with Crippen molar-refractivity contribution in [2.75, 3.05) is 5.32 Å². The Morgan fingerprint density at radius 3 is 2.61 bits per heavy atom. The van der Waals surface area contributed by atoms with Crippen LogP contribution in [0.15, 0.2) is 45.6 Å². The molecule has 1 aliphatic rings. The summed E-state index contributed by atoms with van der Waals surface area (Å²) in [7, 11) is 0. The summed E-state index contributed by atoms with van der Waals surface area (Å²) >= 11 is 6.02. The lowest BCUT2D eigenvalue weighted by Gasteiger charge is -2.17. The Hall–Kier alpha value is -3.32. The van der Waals surface area contributed by atoms with Crippen LogP contribution in [0.4, 0.5) is 11.6 Å². The normalized spacial score (nSPS) is 14.5. The van der Waals surface area contributed by atoms with Gasteiger partial charge >= 0.3 is 5.63 Å². The van der Waals surface area contributed by atoms with E-state index in [1.165, 1.54) is 0 Å². The van der Waals surface area contributed by atoms with E-state index in [0.29, 0.717) is 27.6 Å². The van der Waals surface area contributed by atoms with Gasteiger partial charge in [0.2, 0.25) is 5.95 Å². The molecule has 2 aromatic heterocycles. The van der Waals surface area contributed by atoms with Crippen LogP contribution in [0.1, 0.15) is 47.6 Å². The number of carbonyl (C=O) groups is 1. The molecule has 0 spiro atoms. The van der Waals surface area contributed by atoms with Gasteiger partial charge in [0, 0.05) is 28.2 Å². The minimum absolute atomic E-state index is 0.124. The van der Waals surface area contributed by atoms with Gasteiger partial charge in [0.1, 0.15) is 11.1 Å². The van der Waals surface area contributed by atoms with E-state index in [1.54, 1.807) is 6.92 Å². The Morgan fingerprint density at radius 1 is 1.23 bits per heavy atom. The van der Waals surface area contributed by atoms with Crippen LogP contribution in [0, 0.1) is 6.92 Å². The Kier molecular flexibility index (Phi) is 4.70. The fourth-order valence-electron chi connectivity index (χ4n) is 4.51. The molecule has 3 N–H and O–H groups in total. The monoisotopic (exact) mass is 436 g/mol. The van der Waals surface area contributed by atoms with Crippen molar-refractivity contribution in [3.8, 4) is 0 Å². The van der Waals surface area contributed by atoms with Gasteiger partial charge in [0.05, 0.1) is 11.0 Å². The van der Waals surface area contributed by atoms with Crippen molar-refractivity contribution in [3.63, 3.8) is 0 Å². The summed E-state index contributed by atoms with van der Waals surface area (Å²) in [6, 6.07) is 11.4. The molecule has 1 saturated carbocycles. The van der Waals surface area contributed by atoms with E-state index < -0.39 is 11.5 Å². The van der Waals surface area contributed by atoms with Gasteiger partial charge in [0.25, 0.3) is 5.91 Å². The highest BCUT2D eigenvalue weighted by atomic mass is 35.5. The molecule has 0 unspecified atom stereocenters. The van der Waals surface area contributed by atoms with Crippen molar-refractivity contribution in [2.24, 2.45) is 5.73 Å². The highest BCUT2D eigenvalue weighted by Crippen LogP contribution is 2.37. The summed E-state index contributed by atoms with van der Waals surface area (Å²) in [5.74, 6) is -0.0792. The number of carbonyl (C=O) groups excluding carboxylic acids is 1. The Morgan fingerprint density at radius 2 is 1.94 bits per heavy atom. The zero-order valence-electron chi connectivity index (χ0n) is 16.9. The van der Waals surface area contributed by atoms with E-state index in [2.05, 4.69) is 9.88 Å². The first-order valence-corrected chi connectivity index (χ1v) is 10.6. The maximum atomic E-state index is 12.3. The number of fused-ring (bicyclic) bond motifs is 2. The molecule has 4 aromatic rings. The number of rotatable bonds is 4. The molecular weight excluding hydrogens is 416 g/mol. The summed E-state index contributed by atoms with van der Waals surface area (Å²) in [6.45, 7) is 1.70. The molecule has 2 aromatic carbocycles. The first-order chi connectivity index (χ1) is 14.9. The molecule has 0 aliphatic heterocycles. The van der Waals surface area contributed by atoms with Crippen LogP contribution in [0.2, 0.25) is 5.02 Å². The highest BCUT2D eigenvalue weighted by molar-refractivity contribution is 6.30. The molecule has 2 heterocycles. The lowest BCUT2D eigenvalue weighted by molar-refractivity contribution is 0.0996. The maximum absolute atomic E-state index is 12.3. The van der Waals surface area contributed by atoms with Crippen LogP contribution in [-0.2, 0) is 0 Å². The van der Waals surface area contributed by atoms with Crippen molar-refractivity contribution >= 4 is 51.1 Å². The molecule has 8 heteroatoms. The van der Waals surface area contributed by atoms with Crippen molar-refractivity contribution in [1.82, 2.24) is 9.55 Å². The summed E-state index contributed by atoms with van der Waals surface area (Å²) in [5, 5.41) is 4.71. The van der Waals surface area contributed by atoms with Crippen LogP contribution in [0.25, 0.3) is 22.0 Å². The van der Waals surface area contributed by atoms with Gasteiger partial charge in [-0.3, -0.25) is 4.79 Å². The second kappa shape index (κ2) is 7.42. The quantitative estimate of drug-likeness (QED) is 0.435. The zero-order valence-corrected chi connectivity index (χ0v) is 17.7. The number of nitrogens with zero attached hydrogens (tertiary/aromatic N) is 2. The van der Waals surface area contributed by atoms with Crippen LogP contribution < -0.4 is 16.7 Å². The van der Waals surface area contributed by atoms with Crippen LogP contribution in [0.5, 0.6) is 0 Å². The summed E-state index contributed by atoms with van der Waals surface area (Å²) in [4.78, 5) is 28.9. The molecule has 0 atom stereocenters. The van der Waals surface area contributed by atoms with Crippen LogP contribution >= 0.6 is 11.6 Å². The van der Waals surface area contributed by atoms with E-state index in [9.17, 15) is 9.59 Å². The van der Waals surface area contributed by atoms with Crippen molar-refractivity contribution < 1.29 is 9.21 Å². The third-order valence-corrected chi connectivity index (χ3v) is 6.27. The van der Waals surface area contributed by atoms with E-state index in [4.69, 9.17) is 26.7 Å². The maximum Gasteiger partial charge on any atom is 0.349 e. The minimum atomic E-state index is -0.796. The first kappa shape index (κ1) is 19.6. The third-order valence-electron chi connectivity index (χ3n) is 6.01. The second-order valence-electron chi connectivity index (χ2n) is 7.97. The molecule has 5 rings (SSSR count). The van der Waals surface area contributed by atoms with E-state index in [0.717, 1.165) is 48.4 Å². The number of aryl methyl sites for hydroxylation is 1. The average Bonchev–Trinajstić information content (AvgIpc) is 3.35. The van der Waals surface area contributed by atoms with E-state index in [-0.39, 0.29) is 5.56 Å². The number of hydrogen-bond acceptors (Lipinski definition) is 5. The standard InChI is InChI=1S/C23H21ClN4O3/c1-12-16-10-17-18(11-19(16)31-22(30)20(12)21(25)29)28(15-4-2-3-5-15)23(27-17)26-14-8-6-13(24)7-9-14/h6-11,15H,2-5H2,1H3,(H2,25,29)(H,26,27). The smallest absolute Gasteiger partial charge is 0.349 e. The van der Waals surface area contributed by atoms with Crippen LogP contribution in [0.3, 0.4) is 0 Å². The predicted octanol–water partition coefficient (Wildman–Crippen LogP) is 5.06. The Balaban J connectivity index is 1.74. The van der Waals surface area contributed by atoms with Crippen LogP contribution in [-0.4, -0.2) is 15.5 Å². The van der Waals surface area contributed by atoms with E-state index >= 15 is 0 Å². The number of amides is 1. The van der Waals surface area contributed by atoms with Gasteiger partial charge in [-0.15, -0.1) is 0 Å². The van der Waals surface area contributed by atoms with Gasteiger partial charge in [0.15, 0.2) is 0 Å². The molecule has 158 valence electrons. The fraction of sp³-hybridized carbons (Fsp3) is 0.261. The predicted molar refractivity (Wildman–Crippen MR) is 121 cm³/mol. The number of primary amides is 1. The van der Waals surface area contributed by atoms with Gasteiger partial charge in [-0.2, -0.15) is 0 Å². The number of nitrogens with one attached hydrogen (secondary N) is 1. The van der Waals surface area contributed by atoms with Gasteiger partial charge in [-0.1, -0.05) is 24.4 Å². The number of aromatic nitrogens is 2. The molecule has 0 saturated heterocycles. The number of benzene rings is 2. The topological polar surface area (TPSA) is 103 Å². The average molecular weight is 437 g/mol. The number of halogens is 1. The lowest BCUT2D eigenvalue weighted by atomic mass is 10.0. The van der Waals surface area contributed by atoms with E-state index in [1.807, 2.05) is 36.4 Å². The zero-order chi connectivity index (χ0) is 21.7. The fourth-order valence-corrected chi connectivity index (χ4v) is 4.63. The highest BCUT2D eigenvalue weighted by Gasteiger charge is 2.24. The first-order valence-electron chi connectivity index (χ1n) is 10.2. The second-order valence-corrected chi connectivity index (χ2v) is 8.40. The van der Waals surface area contributed by atoms with Gasteiger partial charge in [-0.25, -0.2) is 9.78 Å².